The number of aromatic nitrogens is 1. The molecule has 1 N–H and O–H groups in total. The number of aromatic hydroxyl groups is 1. The highest BCUT2D eigenvalue weighted by Gasteiger charge is 2.19. The average molecular weight is 217 g/mol. The molecule has 0 aliphatic carbocycles. The van der Waals surface area contributed by atoms with Gasteiger partial charge in [-0.3, -0.25) is 9.78 Å². The summed E-state index contributed by atoms with van der Waals surface area (Å²) >= 11 is 0. The third-order valence-corrected chi connectivity index (χ3v) is 1.83. The average Bonchev–Trinajstić information content (AvgIpc) is 2.17. The lowest BCUT2D eigenvalue weighted by Crippen LogP contribution is -2.07. The third-order valence-electron chi connectivity index (χ3n) is 1.83. The van der Waals surface area contributed by atoms with Gasteiger partial charge in [-0.2, -0.15) is 0 Å². The molecule has 1 aromatic heterocycles. The zero-order chi connectivity index (χ0) is 11.4. The standard InChI is InChI=1S/C9H9F2NO3/c1-15-7(14)2-5-3-12-4-6(13)8(5)9(10)11/h3-4,9,13H,2H2,1H3. The van der Waals surface area contributed by atoms with Crippen LogP contribution in [0, 0.1) is 0 Å². The number of hydrogen-bond donors (Lipinski definition) is 1. The molecule has 0 saturated carbocycles. The Morgan fingerprint density at radius 2 is 2.27 bits per heavy atom. The Labute approximate surface area is 84.5 Å². The number of hydrogen-bond acceptors (Lipinski definition) is 4. The highest BCUT2D eigenvalue weighted by atomic mass is 19.3. The summed E-state index contributed by atoms with van der Waals surface area (Å²) in [4.78, 5) is 14.4. The molecule has 6 heteroatoms. The first-order chi connectivity index (χ1) is 7.06. The smallest absolute Gasteiger partial charge is 0.310 e. The van der Waals surface area contributed by atoms with Gasteiger partial charge < -0.3 is 9.84 Å². The lowest BCUT2D eigenvalue weighted by atomic mass is 10.1. The van der Waals surface area contributed by atoms with E-state index in [-0.39, 0.29) is 12.0 Å². The molecule has 0 unspecified atom stereocenters. The molecular formula is C9H9F2NO3. The van der Waals surface area contributed by atoms with E-state index in [1.54, 1.807) is 0 Å². The van der Waals surface area contributed by atoms with Gasteiger partial charge in [0.15, 0.2) is 0 Å². The van der Waals surface area contributed by atoms with Gasteiger partial charge in [-0.1, -0.05) is 0 Å². The number of ether oxygens (including phenoxy) is 1. The van der Waals surface area contributed by atoms with Gasteiger partial charge in [-0.15, -0.1) is 0 Å². The second kappa shape index (κ2) is 4.68. The number of esters is 1. The summed E-state index contributed by atoms with van der Waals surface area (Å²) in [6.07, 6.45) is -1.18. The summed E-state index contributed by atoms with van der Waals surface area (Å²) in [5.74, 6) is -1.28. The lowest BCUT2D eigenvalue weighted by molar-refractivity contribution is -0.139. The second-order valence-corrected chi connectivity index (χ2v) is 2.79. The highest BCUT2D eigenvalue weighted by molar-refractivity contribution is 5.73. The fraction of sp³-hybridized carbons (Fsp3) is 0.333. The molecule has 0 aliphatic rings. The molecule has 0 fully saturated rings. The maximum absolute atomic E-state index is 12.5. The van der Waals surface area contributed by atoms with E-state index >= 15 is 0 Å². The first-order valence-corrected chi connectivity index (χ1v) is 4.07. The first kappa shape index (κ1) is 11.4. The predicted octanol–water partition coefficient (Wildman–Crippen LogP) is 1.44. The van der Waals surface area contributed by atoms with Crippen LogP contribution in [-0.2, 0) is 16.0 Å². The molecule has 1 rings (SSSR count). The number of nitrogens with zero attached hydrogens (tertiary/aromatic N) is 1. The van der Waals surface area contributed by atoms with Crippen molar-refractivity contribution in [3.05, 3.63) is 23.5 Å². The number of carbonyl (C=O) groups excluding carboxylic acids is 1. The largest absolute Gasteiger partial charge is 0.506 e. The van der Waals surface area contributed by atoms with Gasteiger partial charge in [0.05, 0.1) is 25.3 Å². The van der Waals surface area contributed by atoms with E-state index in [0.29, 0.717) is 0 Å². The number of halogens is 2. The molecule has 4 nitrogen and oxygen atoms in total. The van der Waals surface area contributed by atoms with Crippen LogP contribution in [0.4, 0.5) is 8.78 Å². The molecule has 0 spiro atoms. The van der Waals surface area contributed by atoms with Crippen molar-refractivity contribution in [2.45, 2.75) is 12.8 Å². The summed E-state index contributed by atoms with van der Waals surface area (Å²) in [5, 5.41) is 9.15. The van der Waals surface area contributed by atoms with E-state index in [1.807, 2.05) is 0 Å². The molecule has 15 heavy (non-hydrogen) atoms. The van der Waals surface area contributed by atoms with Gasteiger partial charge in [-0.25, -0.2) is 8.78 Å². The number of pyridine rings is 1. The van der Waals surface area contributed by atoms with Crippen LogP contribution in [0.2, 0.25) is 0 Å². The zero-order valence-electron chi connectivity index (χ0n) is 7.91. The van der Waals surface area contributed by atoms with Crippen LogP contribution in [0.3, 0.4) is 0 Å². The van der Waals surface area contributed by atoms with Crippen LogP contribution in [0.15, 0.2) is 12.4 Å². The Hall–Kier alpha value is -1.72. The summed E-state index contributed by atoms with van der Waals surface area (Å²) in [6.45, 7) is 0. The Bertz CT molecular complexity index is 368. The Kier molecular flexibility index (Phi) is 3.54. The molecule has 0 bridgehead atoms. The van der Waals surface area contributed by atoms with Crippen molar-refractivity contribution in [2.24, 2.45) is 0 Å². The van der Waals surface area contributed by atoms with E-state index in [2.05, 4.69) is 9.72 Å². The normalized spacial score (nSPS) is 10.4. The fourth-order valence-corrected chi connectivity index (χ4v) is 1.12. The Morgan fingerprint density at radius 1 is 1.60 bits per heavy atom. The van der Waals surface area contributed by atoms with Gasteiger partial charge in [-0.05, 0) is 5.56 Å². The van der Waals surface area contributed by atoms with E-state index < -0.39 is 23.7 Å². The minimum Gasteiger partial charge on any atom is -0.506 e. The van der Waals surface area contributed by atoms with Crippen molar-refractivity contribution < 1.29 is 23.4 Å². The van der Waals surface area contributed by atoms with Crippen molar-refractivity contribution >= 4 is 5.97 Å². The van der Waals surface area contributed by atoms with Crippen LogP contribution < -0.4 is 0 Å². The second-order valence-electron chi connectivity index (χ2n) is 2.79. The zero-order valence-corrected chi connectivity index (χ0v) is 7.91. The Balaban J connectivity index is 3.06. The van der Waals surface area contributed by atoms with E-state index in [1.165, 1.54) is 0 Å². The third kappa shape index (κ3) is 2.61. The number of methoxy groups -OCH3 is 1. The van der Waals surface area contributed by atoms with Crippen LogP contribution >= 0.6 is 0 Å². The minimum atomic E-state index is -2.85. The summed E-state index contributed by atoms with van der Waals surface area (Å²) < 4.78 is 29.3. The molecule has 0 radical (unpaired) electrons. The molecule has 0 aliphatic heterocycles. The molecule has 0 saturated heterocycles. The molecule has 0 aromatic carbocycles. The summed E-state index contributed by atoms with van der Waals surface area (Å²) in [5.41, 5.74) is -0.604. The number of alkyl halides is 2. The summed E-state index contributed by atoms with van der Waals surface area (Å²) in [7, 11) is 1.15. The molecular weight excluding hydrogens is 208 g/mol. The van der Waals surface area contributed by atoms with Crippen molar-refractivity contribution in [3.63, 3.8) is 0 Å². The van der Waals surface area contributed by atoms with Crippen LogP contribution in [-0.4, -0.2) is 23.2 Å². The minimum absolute atomic E-state index is 0.0307. The van der Waals surface area contributed by atoms with Gasteiger partial charge in [0.2, 0.25) is 0 Å². The summed E-state index contributed by atoms with van der Waals surface area (Å²) in [6, 6.07) is 0. The lowest BCUT2D eigenvalue weighted by Gasteiger charge is -2.08. The molecule has 1 aromatic rings. The van der Waals surface area contributed by atoms with Gasteiger partial charge >= 0.3 is 5.97 Å². The van der Waals surface area contributed by atoms with E-state index in [9.17, 15) is 13.6 Å². The van der Waals surface area contributed by atoms with Crippen molar-refractivity contribution in [1.82, 2.24) is 4.98 Å². The quantitative estimate of drug-likeness (QED) is 0.778. The van der Waals surface area contributed by atoms with Crippen molar-refractivity contribution in [1.29, 1.82) is 0 Å². The van der Waals surface area contributed by atoms with Gasteiger partial charge in [0.25, 0.3) is 6.43 Å². The van der Waals surface area contributed by atoms with Gasteiger partial charge in [0, 0.05) is 6.20 Å². The molecule has 0 amide bonds. The Morgan fingerprint density at radius 3 is 2.80 bits per heavy atom. The molecule has 1 heterocycles. The van der Waals surface area contributed by atoms with Crippen molar-refractivity contribution in [2.75, 3.05) is 7.11 Å². The number of carbonyl (C=O) groups is 1. The SMILES string of the molecule is COC(=O)Cc1cncc(O)c1C(F)F. The fourth-order valence-electron chi connectivity index (χ4n) is 1.12. The maximum Gasteiger partial charge on any atom is 0.310 e. The molecule has 82 valence electrons. The predicted molar refractivity (Wildman–Crippen MR) is 46.6 cm³/mol. The van der Waals surface area contributed by atoms with Crippen LogP contribution in [0.5, 0.6) is 5.75 Å². The van der Waals surface area contributed by atoms with Crippen molar-refractivity contribution in [3.8, 4) is 5.75 Å². The first-order valence-electron chi connectivity index (χ1n) is 4.07. The van der Waals surface area contributed by atoms with Gasteiger partial charge in [0.1, 0.15) is 5.75 Å². The van der Waals surface area contributed by atoms with Crippen LogP contribution in [0.1, 0.15) is 17.6 Å². The van der Waals surface area contributed by atoms with E-state index in [4.69, 9.17) is 5.11 Å². The number of rotatable bonds is 3. The van der Waals surface area contributed by atoms with Crippen LogP contribution in [0.25, 0.3) is 0 Å². The maximum atomic E-state index is 12.5. The topological polar surface area (TPSA) is 59.4 Å². The highest BCUT2D eigenvalue weighted by Crippen LogP contribution is 2.30. The molecule has 0 atom stereocenters. The van der Waals surface area contributed by atoms with E-state index in [0.717, 1.165) is 19.5 Å². The monoisotopic (exact) mass is 217 g/mol.